The summed E-state index contributed by atoms with van der Waals surface area (Å²) in [7, 11) is 0. The molecule has 0 bridgehead atoms. The third-order valence-corrected chi connectivity index (χ3v) is 3.88. The molecule has 0 amide bonds. The molecule has 0 saturated heterocycles. The van der Waals surface area contributed by atoms with Gasteiger partial charge in [-0.05, 0) is 36.5 Å². The molecule has 1 unspecified atom stereocenters. The zero-order valence-corrected chi connectivity index (χ0v) is 14.3. The number of benzene rings is 1. The molecule has 0 saturated carbocycles. The summed E-state index contributed by atoms with van der Waals surface area (Å²) in [5.74, 6) is 1.15. The van der Waals surface area contributed by atoms with E-state index < -0.39 is 0 Å². The predicted molar refractivity (Wildman–Crippen MR) is 86.9 cm³/mol. The number of rotatable bonds is 8. The quantitative estimate of drug-likeness (QED) is 0.587. The highest BCUT2D eigenvalue weighted by molar-refractivity contribution is 9.10. The van der Waals surface area contributed by atoms with Crippen LogP contribution in [0.4, 0.5) is 0 Å². The summed E-state index contributed by atoms with van der Waals surface area (Å²) < 4.78 is 6.22. The Balaban J connectivity index is 2.21. The van der Waals surface area contributed by atoms with Gasteiger partial charge in [-0.15, -0.1) is 0 Å². The second-order valence-corrected chi connectivity index (χ2v) is 6.78. The van der Waals surface area contributed by atoms with Gasteiger partial charge in [0.05, 0.1) is 12.2 Å². The molecule has 0 heterocycles. The predicted octanol–water partition coefficient (Wildman–Crippen LogP) is 5.46. The summed E-state index contributed by atoms with van der Waals surface area (Å²) in [6, 6.07) is 7.30. The van der Waals surface area contributed by atoms with Gasteiger partial charge in [-0.2, -0.15) is 0 Å². The smallest absolute Gasteiger partial charge is 0.338 e. The minimum atomic E-state index is -0.235. The summed E-state index contributed by atoms with van der Waals surface area (Å²) in [6.45, 7) is 7.25. The van der Waals surface area contributed by atoms with Crippen LogP contribution in [0.1, 0.15) is 56.8 Å². The maximum absolute atomic E-state index is 11.8. The van der Waals surface area contributed by atoms with Crippen molar-refractivity contribution in [3.05, 3.63) is 34.3 Å². The van der Waals surface area contributed by atoms with Crippen molar-refractivity contribution in [2.24, 2.45) is 11.8 Å². The number of hydrogen-bond acceptors (Lipinski definition) is 2. The van der Waals surface area contributed by atoms with E-state index in [0.717, 1.165) is 16.8 Å². The lowest BCUT2D eigenvalue weighted by atomic mass is 9.98. The maximum Gasteiger partial charge on any atom is 0.338 e. The Morgan fingerprint density at radius 1 is 1.20 bits per heavy atom. The van der Waals surface area contributed by atoms with Gasteiger partial charge < -0.3 is 4.74 Å². The van der Waals surface area contributed by atoms with E-state index in [2.05, 4.69) is 36.7 Å². The van der Waals surface area contributed by atoms with Crippen LogP contribution in [0.3, 0.4) is 0 Å². The van der Waals surface area contributed by atoms with Crippen molar-refractivity contribution in [1.82, 2.24) is 0 Å². The van der Waals surface area contributed by atoms with Gasteiger partial charge in [-0.1, -0.05) is 62.0 Å². The molecule has 1 aromatic rings. The van der Waals surface area contributed by atoms with Gasteiger partial charge in [0, 0.05) is 4.47 Å². The van der Waals surface area contributed by atoms with Gasteiger partial charge in [0.2, 0.25) is 0 Å². The number of carbonyl (C=O) groups is 1. The molecule has 0 N–H and O–H groups in total. The van der Waals surface area contributed by atoms with Crippen LogP contribution in [0.5, 0.6) is 0 Å². The average Bonchev–Trinajstić information content (AvgIpc) is 2.38. The molecule has 0 fully saturated rings. The monoisotopic (exact) mass is 340 g/mol. The fourth-order valence-electron chi connectivity index (χ4n) is 2.07. The van der Waals surface area contributed by atoms with E-state index in [1.807, 2.05) is 12.1 Å². The fraction of sp³-hybridized carbons (Fsp3) is 0.588. The van der Waals surface area contributed by atoms with E-state index in [0.29, 0.717) is 18.1 Å². The Bertz CT molecular complexity index is 415. The normalized spacial score (nSPS) is 12.4. The average molecular weight is 341 g/mol. The summed E-state index contributed by atoms with van der Waals surface area (Å²) >= 11 is 3.35. The fourth-order valence-corrected chi connectivity index (χ4v) is 2.47. The van der Waals surface area contributed by atoms with Gasteiger partial charge in [0.1, 0.15) is 0 Å². The van der Waals surface area contributed by atoms with Gasteiger partial charge in [-0.25, -0.2) is 4.79 Å². The van der Waals surface area contributed by atoms with Crippen molar-refractivity contribution in [2.45, 2.75) is 46.5 Å². The van der Waals surface area contributed by atoms with E-state index in [1.54, 1.807) is 12.1 Å². The first-order chi connectivity index (χ1) is 9.49. The highest BCUT2D eigenvalue weighted by Crippen LogP contribution is 2.16. The van der Waals surface area contributed by atoms with Gasteiger partial charge in [-0.3, -0.25) is 0 Å². The molecule has 0 aliphatic rings. The first-order valence-corrected chi connectivity index (χ1v) is 8.21. The number of hydrogen-bond donors (Lipinski definition) is 0. The van der Waals surface area contributed by atoms with Crippen LogP contribution in [0, 0.1) is 11.8 Å². The van der Waals surface area contributed by atoms with Gasteiger partial charge >= 0.3 is 5.97 Å². The second kappa shape index (κ2) is 9.17. The molecule has 3 heteroatoms. The van der Waals surface area contributed by atoms with Crippen LogP contribution in [0.2, 0.25) is 0 Å². The van der Waals surface area contributed by atoms with Crippen molar-refractivity contribution in [3.8, 4) is 0 Å². The molecule has 20 heavy (non-hydrogen) atoms. The van der Waals surface area contributed by atoms with E-state index in [4.69, 9.17) is 4.74 Å². The first kappa shape index (κ1) is 17.2. The van der Waals surface area contributed by atoms with Crippen LogP contribution in [-0.4, -0.2) is 12.6 Å². The summed E-state index contributed by atoms with van der Waals surface area (Å²) in [5, 5.41) is 0. The van der Waals surface area contributed by atoms with Crippen molar-refractivity contribution >= 4 is 21.9 Å². The Morgan fingerprint density at radius 2 is 1.95 bits per heavy atom. The molecular weight excluding hydrogens is 316 g/mol. The lowest BCUT2D eigenvalue weighted by molar-refractivity contribution is 0.0483. The molecule has 0 aliphatic heterocycles. The number of esters is 1. The Morgan fingerprint density at radius 3 is 2.60 bits per heavy atom. The van der Waals surface area contributed by atoms with Crippen LogP contribution < -0.4 is 0 Å². The third kappa shape index (κ3) is 7.09. The van der Waals surface area contributed by atoms with Gasteiger partial charge in [0.25, 0.3) is 0 Å². The number of halogens is 1. The topological polar surface area (TPSA) is 26.3 Å². The Hall–Kier alpha value is -0.830. The van der Waals surface area contributed by atoms with Crippen LogP contribution in [0.15, 0.2) is 28.7 Å². The Labute approximate surface area is 131 Å². The molecule has 0 spiro atoms. The van der Waals surface area contributed by atoms with Gasteiger partial charge in [0.15, 0.2) is 0 Å². The zero-order chi connectivity index (χ0) is 15.0. The highest BCUT2D eigenvalue weighted by Gasteiger charge is 2.09. The van der Waals surface area contributed by atoms with E-state index in [1.165, 1.54) is 19.3 Å². The SMILES string of the molecule is CC(C)CCCC(C)CCOC(=O)c1cccc(Br)c1. The standard InChI is InChI=1S/C17H25BrO2/c1-13(2)6-4-7-14(3)10-11-20-17(19)15-8-5-9-16(18)12-15/h5,8-9,12-14H,4,6-7,10-11H2,1-3H3. The summed E-state index contributed by atoms with van der Waals surface area (Å²) in [5.41, 5.74) is 0.604. The summed E-state index contributed by atoms with van der Waals surface area (Å²) in [6.07, 6.45) is 4.70. The molecule has 0 aromatic heterocycles. The lowest BCUT2D eigenvalue weighted by Gasteiger charge is -2.12. The minimum Gasteiger partial charge on any atom is -0.462 e. The minimum absolute atomic E-state index is 0.235. The molecule has 1 atom stereocenters. The van der Waals surface area contributed by atoms with Crippen molar-refractivity contribution in [3.63, 3.8) is 0 Å². The van der Waals surface area contributed by atoms with Crippen molar-refractivity contribution in [1.29, 1.82) is 0 Å². The molecule has 0 radical (unpaired) electrons. The molecule has 2 nitrogen and oxygen atoms in total. The van der Waals surface area contributed by atoms with Crippen LogP contribution >= 0.6 is 15.9 Å². The molecule has 1 rings (SSSR count). The van der Waals surface area contributed by atoms with Crippen molar-refractivity contribution in [2.75, 3.05) is 6.61 Å². The number of carbonyl (C=O) groups excluding carboxylic acids is 1. The Kier molecular flexibility index (Phi) is 7.90. The number of ether oxygens (including phenoxy) is 1. The second-order valence-electron chi connectivity index (χ2n) is 5.86. The van der Waals surface area contributed by atoms with Crippen LogP contribution in [-0.2, 0) is 4.74 Å². The van der Waals surface area contributed by atoms with E-state index in [9.17, 15) is 4.79 Å². The van der Waals surface area contributed by atoms with Crippen LogP contribution in [0.25, 0.3) is 0 Å². The maximum atomic E-state index is 11.8. The van der Waals surface area contributed by atoms with E-state index >= 15 is 0 Å². The zero-order valence-electron chi connectivity index (χ0n) is 12.7. The molecule has 0 aliphatic carbocycles. The lowest BCUT2D eigenvalue weighted by Crippen LogP contribution is -2.09. The third-order valence-electron chi connectivity index (χ3n) is 3.38. The molecular formula is C17H25BrO2. The molecule has 1 aromatic carbocycles. The van der Waals surface area contributed by atoms with E-state index in [-0.39, 0.29) is 5.97 Å². The largest absolute Gasteiger partial charge is 0.462 e. The molecule has 112 valence electrons. The summed E-state index contributed by atoms with van der Waals surface area (Å²) in [4.78, 5) is 11.8. The highest BCUT2D eigenvalue weighted by atomic mass is 79.9. The first-order valence-electron chi connectivity index (χ1n) is 7.41. The van der Waals surface area contributed by atoms with Crippen molar-refractivity contribution < 1.29 is 9.53 Å².